The van der Waals surface area contributed by atoms with Gasteiger partial charge < -0.3 is 15.0 Å². The lowest BCUT2D eigenvalue weighted by Crippen LogP contribution is -1.91. The molecule has 0 spiro atoms. The van der Waals surface area contributed by atoms with Crippen LogP contribution in [0, 0.1) is 0 Å². The molecule has 102 valence electrons. The van der Waals surface area contributed by atoms with E-state index in [1.54, 1.807) is 7.11 Å². The monoisotopic (exact) mass is 306 g/mol. The molecule has 0 fully saturated rings. The highest BCUT2D eigenvalue weighted by molar-refractivity contribution is 7.14. The Kier molecular flexibility index (Phi) is 3.38. The summed E-state index contributed by atoms with van der Waals surface area (Å²) in [6.07, 6.45) is 0. The van der Waals surface area contributed by atoms with Crippen molar-refractivity contribution in [2.45, 2.75) is 0 Å². The number of thiophene rings is 1. The van der Waals surface area contributed by atoms with Crippen molar-refractivity contribution < 1.29 is 9.26 Å². The van der Waals surface area contributed by atoms with Gasteiger partial charge in [0.05, 0.1) is 22.6 Å². The Hall–Kier alpha value is -1.98. The average Bonchev–Trinajstić information content (AvgIpc) is 3.04. The normalized spacial score (nSPS) is 10.7. The van der Waals surface area contributed by atoms with Crippen LogP contribution in [-0.2, 0) is 0 Å². The second kappa shape index (κ2) is 5.19. The molecule has 0 unspecified atom stereocenters. The highest BCUT2D eigenvalue weighted by Gasteiger charge is 2.22. The molecule has 0 aliphatic heterocycles. The first-order valence-electron chi connectivity index (χ1n) is 5.84. The molecule has 0 amide bonds. The number of nitrogens with zero attached hydrogens (tertiary/aromatic N) is 1. The summed E-state index contributed by atoms with van der Waals surface area (Å²) in [7, 11) is 1.61. The van der Waals surface area contributed by atoms with Gasteiger partial charge in [0.25, 0.3) is 0 Å². The number of nitrogens with two attached hydrogens (primary N) is 1. The van der Waals surface area contributed by atoms with Crippen LogP contribution in [0.15, 0.2) is 40.2 Å². The zero-order valence-corrected chi connectivity index (χ0v) is 12.2. The van der Waals surface area contributed by atoms with Crippen LogP contribution in [0.5, 0.6) is 5.75 Å². The van der Waals surface area contributed by atoms with Crippen LogP contribution in [-0.4, -0.2) is 12.3 Å². The van der Waals surface area contributed by atoms with Gasteiger partial charge in [0.1, 0.15) is 11.4 Å². The molecular weight excluding hydrogens is 296 g/mol. The summed E-state index contributed by atoms with van der Waals surface area (Å²) in [6.45, 7) is 0. The van der Waals surface area contributed by atoms with Gasteiger partial charge in [-0.25, -0.2) is 0 Å². The summed E-state index contributed by atoms with van der Waals surface area (Å²) in [4.78, 5) is 0.827. The van der Waals surface area contributed by atoms with E-state index in [9.17, 15) is 0 Å². The lowest BCUT2D eigenvalue weighted by Gasteiger charge is -2.07. The standard InChI is InChI=1S/C14H11ClN2O2S/c1-18-10-5-3-2-4-8(10)11-12(17-19-14(11)16)13-9(15)6-7-20-13/h2-7H,16H2,1H3. The van der Waals surface area contributed by atoms with E-state index in [0.717, 1.165) is 10.4 Å². The summed E-state index contributed by atoms with van der Waals surface area (Å²) in [5, 5.41) is 6.56. The first-order chi connectivity index (χ1) is 9.72. The molecule has 2 heterocycles. The number of para-hydroxylation sites is 1. The summed E-state index contributed by atoms with van der Waals surface area (Å²) in [5.41, 5.74) is 8.09. The lowest BCUT2D eigenvalue weighted by atomic mass is 10.0. The topological polar surface area (TPSA) is 61.3 Å². The summed E-state index contributed by atoms with van der Waals surface area (Å²) in [6, 6.07) is 9.39. The first kappa shape index (κ1) is 13.0. The van der Waals surface area contributed by atoms with E-state index in [-0.39, 0.29) is 5.88 Å². The van der Waals surface area contributed by atoms with Crippen LogP contribution in [0.4, 0.5) is 5.88 Å². The third-order valence-corrected chi connectivity index (χ3v) is 4.28. The summed E-state index contributed by atoms with van der Waals surface area (Å²) < 4.78 is 10.5. The van der Waals surface area contributed by atoms with Gasteiger partial charge in [0.2, 0.25) is 5.88 Å². The molecule has 0 saturated carbocycles. The van der Waals surface area contributed by atoms with Gasteiger partial charge in [0, 0.05) is 5.56 Å². The summed E-state index contributed by atoms with van der Waals surface area (Å²) in [5.74, 6) is 0.949. The predicted octanol–water partition coefficient (Wildman–Crippen LogP) is 4.31. The number of rotatable bonds is 3. The second-order valence-corrected chi connectivity index (χ2v) is 5.39. The van der Waals surface area contributed by atoms with Crippen LogP contribution in [0.1, 0.15) is 0 Å². The lowest BCUT2D eigenvalue weighted by molar-refractivity contribution is 0.416. The molecule has 0 aliphatic carbocycles. The van der Waals surface area contributed by atoms with E-state index in [4.69, 9.17) is 26.6 Å². The highest BCUT2D eigenvalue weighted by atomic mass is 35.5. The Morgan fingerprint density at radius 2 is 2.10 bits per heavy atom. The smallest absolute Gasteiger partial charge is 0.230 e. The van der Waals surface area contributed by atoms with Crippen LogP contribution in [0.2, 0.25) is 5.02 Å². The van der Waals surface area contributed by atoms with E-state index >= 15 is 0 Å². The van der Waals surface area contributed by atoms with Gasteiger partial charge in [-0.3, -0.25) is 0 Å². The molecule has 0 radical (unpaired) electrons. The van der Waals surface area contributed by atoms with Crippen LogP contribution in [0.25, 0.3) is 21.7 Å². The van der Waals surface area contributed by atoms with E-state index in [1.165, 1.54) is 11.3 Å². The molecule has 0 atom stereocenters. The van der Waals surface area contributed by atoms with E-state index < -0.39 is 0 Å². The Bertz CT molecular complexity index is 751. The van der Waals surface area contributed by atoms with Crippen molar-refractivity contribution in [3.8, 4) is 27.4 Å². The van der Waals surface area contributed by atoms with Crippen LogP contribution in [0.3, 0.4) is 0 Å². The third kappa shape index (κ3) is 2.05. The minimum absolute atomic E-state index is 0.244. The second-order valence-electron chi connectivity index (χ2n) is 4.07. The molecular formula is C14H11ClN2O2S. The van der Waals surface area contributed by atoms with Crippen molar-refractivity contribution in [1.29, 1.82) is 0 Å². The number of ether oxygens (including phenoxy) is 1. The highest BCUT2D eigenvalue weighted by Crippen LogP contribution is 2.44. The average molecular weight is 307 g/mol. The number of hydrogen-bond acceptors (Lipinski definition) is 5. The fourth-order valence-corrected chi connectivity index (χ4v) is 3.16. The van der Waals surface area contributed by atoms with Crippen molar-refractivity contribution in [1.82, 2.24) is 5.16 Å². The number of hydrogen-bond donors (Lipinski definition) is 1. The molecule has 1 aromatic carbocycles. The first-order valence-corrected chi connectivity index (χ1v) is 7.10. The van der Waals surface area contributed by atoms with Crippen molar-refractivity contribution in [3.63, 3.8) is 0 Å². The van der Waals surface area contributed by atoms with Gasteiger partial charge in [0.15, 0.2) is 0 Å². The van der Waals surface area contributed by atoms with Crippen molar-refractivity contribution in [3.05, 3.63) is 40.7 Å². The number of halogens is 1. The van der Waals surface area contributed by atoms with Gasteiger partial charge in [-0.15, -0.1) is 11.3 Å². The quantitative estimate of drug-likeness (QED) is 0.783. The molecule has 20 heavy (non-hydrogen) atoms. The number of methoxy groups -OCH3 is 1. The molecule has 3 rings (SSSR count). The molecule has 0 bridgehead atoms. The molecule has 2 aromatic heterocycles. The predicted molar refractivity (Wildman–Crippen MR) is 81.2 cm³/mol. The van der Waals surface area contributed by atoms with E-state index in [1.807, 2.05) is 35.7 Å². The zero-order valence-electron chi connectivity index (χ0n) is 10.6. The number of nitrogen functional groups attached to an aromatic ring is 1. The van der Waals surface area contributed by atoms with Gasteiger partial charge >= 0.3 is 0 Å². The molecule has 0 aliphatic rings. The number of anilines is 1. The van der Waals surface area contributed by atoms with Crippen molar-refractivity contribution >= 4 is 28.8 Å². The molecule has 2 N–H and O–H groups in total. The Morgan fingerprint density at radius 1 is 1.30 bits per heavy atom. The maximum Gasteiger partial charge on any atom is 0.230 e. The molecule has 6 heteroatoms. The van der Waals surface area contributed by atoms with E-state index in [2.05, 4.69) is 5.16 Å². The molecule has 4 nitrogen and oxygen atoms in total. The largest absolute Gasteiger partial charge is 0.496 e. The third-order valence-electron chi connectivity index (χ3n) is 2.93. The van der Waals surface area contributed by atoms with Crippen molar-refractivity contribution in [2.24, 2.45) is 0 Å². The SMILES string of the molecule is COc1ccccc1-c1c(-c2sccc2Cl)noc1N. The fourth-order valence-electron chi connectivity index (χ4n) is 2.03. The van der Waals surface area contributed by atoms with Gasteiger partial charge in [-0.2, -0.15) is 0 Å². The minimum Gasteiger partial charge on any atom is -0.496 e. The Morgan fingerprint density at radius 3 is 2.80 bits per heavy atom. The summed E-state index contributed by atoms with van der Waals surface area (Å²) >= 11 is 7.66. The minimum atomic E-state index is 0.244. The van der Waals surface area contributed by atoms with Crippen molar-refractivity contribution in [2.75, 3.05) is 12.8 Å². The number of benzene rings is 1. The maximum atomic E-state index is 6.17. The number of aromatic nitrogens is 1. The Balaban J connectivity index is 2.25. The van der Waals surface area contributed by atoms with Crippen LogP contribution >= 0.6 is 22.9 Å². The van der Waals surface area contributed by atoms with Crippen LogP contribution < -0.4 is 10.5 Å². The zero-order chi connectivity index (χ0) is 14.1. The van der Waals surface area contributed by atoms with Gasteiger partial charge in [-0.05, 0) is 17.5 Å². The van der Waals surface area contributed by atoms with E-state index in [0.29, 0.717) is 22.0 Å². The Labute approximate surface area is 124 Å². The maximum absolute atomic E-state index is 6.17. The molecule has 3 aromatic rings. The molecule has 0 saturated heterocycles. The fraction of sp³-hybridized carbons (Fsp3) is 0.0714. The van der Waals surface area contributed by atoms with Gasteiger partial charge in [-0.1, -0.05) is 35.0 Å².